The van der Waals surface area contributed by atoms with E-state index >= 15 is 0 Å². The van der Waals surface area contributed by atoms with Crippen LogP contribution < -0.4 is 5.32 Å². The van der Waals surface area contributed by atoms with Gasteiger partial charge in [0.25, 0.3) is 0 Å². The maximum absolute atomic E-state index is 12.6. The number of hydrogen-bond acceptors (Lipinski definition) is 3. The van der Waals surface area contributed by atoms with Gasteiger partial charge in [-0.3, -0.25) is 0 Å². The lowest BCUT2D eigenvalue weighted by Crippen LogP contribution is -2.44. The summed E-state index contributed by atoms with van der Waals surface area (Å²) in [7, 11) is 0. The van der Waals surface area contributed by atoms with Crippen molar-refractivity contribution in [1.82, 2.24) is 20.2 Å². The maximum atomic E-state index is 12.6. The van der Waals surface area contributed by atoms with Crippen molar-refractivity contribution in [2.24, 2.45) is 10.8 Å². The van der Waals surface area contributed by atoms with Gasteiger partial charge in [-0.25, -0.2) is 14.8 Å². The minimum Gasteiger partial charge on any atom is -0.338 e. The minimum absolute atomic E-state index is 0.0568. The first-order valence-corrected chi connectivity index (χ1v) is 9.58. The van der Waals surface area contributed by atoms with E-state index < -0.39 is 0 Å². The molecule has 2 aliphatic rings. The highest BCUT2D eigenvalue weighted by Gasteiger charge is 2.35. The van der Waals surface area contributed by atoms with Crippen molar-refractivity contribution in [3.05, 3.63) is 23.8 Å². The van der Waals surface area contributed by atoms with Crippen LogP contribution in [0.25, 0.3) is 0 Å². The molecule has 2 heterocycles. The highest BCUT2D eigenvalue weighted by Crippen LogP contribution is 2.39. The van der Waals surface area contributed by atoms with Crippen molar-refractivity contribution in [3.63, 3.8) is 0 Å². The van der Waals surface area contributed by atoms with E-state index in [0.29, 0.717) is 17.9 Å². The monoisotopic (exact) mass is 344 g/mol. The predicted octanol–water partition coefficient (Wildman–Crippen LogP) is 3.75. The fourth-order valence-electron chi connectivity index (χ4n) is 4.12. The van der Waals surface area contributed by atoms with Gasteiger partial charge in [0.15, 0.2) is 0 Å². The lowest BCUT2D eigenvalue weighted by molar-refractivity contribution is 0.170. The first kappa shape index (κ1) is 18.2. The van der Waals surface area contributed by atoms with Crippen LogP contribution in [-0.4, -0.2) is 40.5 Å². The van der Waals surface area contributed by atoms with E-state index in [1.54, 1.807) is 0 Å². The van der Waals surface area contributed by atoms with Crippen LogP contribution in [0.5, 0.6) is 0 Å². The highest BCUT2D eigenvalue weighted by molar-refractivity contribution is 5.74. The third-order valence-corrected chi connectivity index (χ3v) is 5.28. The van der Waals surface area contributed by atoms with Crippen molar-refractivity contribution in [3.8, 4) is 0 Å². The summed E-state index contributed by atoms with van der Waals surface area (Å²) >= 11 is 0. The van der Waals surface area contributed by atoms with Gasteiger partial charge in [-0.2, -0.15) is 0 Å². The molecular formula is C20H32N4O. The standard InChI is InChI=1S/C20H32N4O/c1-19(2)8-10-24(14-20(3,4)13-19)18(25)21-9-7-15-11-22-17(23-12-15)16-5-6-16/h11-12,16H,5-10,13-14H2,1-4H3,(H,21,25). The lowest BCUT2D eigenvalue weighted by atomic mass is 9.75. The summed E-state index contributed by atoms with van der Waals surface area (Å²) in [4.78, 5) is 23.4. The van der Waals surface area contributed by atoms with E-state index in [0.717, 1.165) is 43.7 Å². The molecule has 1 aliphatic carbocycles. The Balaban J connectivity index is 1.48. The number of urea groups is 1. The summed E-state index contributed by atoms with van der Waals surface area (Å²) in [5.74, 6) is 1.56. The Morgan fingerprint density at radius 3 is 2.52 bits per heavy atom. The van der Waals surface area contributed by atoms with Gasteiger partial charge in [-0.05, 0) is 48.5 Å². The molecule has 1 aromatic rings. The van der Waals surface area contributed by atoms with Crippen LogP contribution in [-0.2, 0) is 6.42 Å². The average molecular weight is 345 g/mol. The van der Waals surface area contributed by atoms with Crippen molar-refractivity contribution in [1.29, 1.82) is 0 Å². The van der Waals surface area contributed by atoms with Gasteiger partial charge in [0.2, 0.25) is 0 Å². The Morgan fingerprint density at radius 2 is 1.88 bits per heavy atom. The summed E-state index contributed by atoms with van der Waals surface area (Å²) in [6.45, 7) is 11.4. The predicted molar refractivity (Wildman–Crippen MR) is 99.5 cm³/mol. The summed E-state index contributed by atoms with van der Waals surface area (Å²) in [5.41, 5.74) is 1.53. The highest BCUT2D eigenvalue weighted by atomic mass is 16.2. The molecule has 0 radical (unpaired) electrons. The van der Waals surface area contributed by atoms with Crippen LogP contribution in [0.4, 0.5) is 4.79 Å². The smallest absolute Gasteiger partial charge is 0.317 e. The second-order valence-electron chi connectivity index (χ2n) is 9.38. The summed E-state index contributed by atoms with van der Waals surface area (Å²) in [6.07, 6.45) is 9.24. The first-order valence-electron chi connectivity index (χ1n) is 9.58. The molecule has 3 rings (SSSR count). The Kier molecular flexibility index (Phi) is 5.03. The number of nitrogens with one attached hydrogen (secondary N) is 1. The van der Waals surface area contributed by atoms with Crippen molar-refractivity contribution >= 4 is 6.03 Å². The molecule has 0 atom stereocenters. The molecule has 2 fully saturated rings. The molecule has 2 amide bonds. The number of hydrogen-bond donors (Lipinski definition) is 1. The lowest BCUT2D eigenvalue weighted by Gasteiger charge is -2.32. The van der Waals surface area contributed by atoms with Crippen LogP contribution in [0.1, 0.15) is 70.7 Å². The van der Waals surface area contributed by atoms with Crippen LogP contribution >= 0.6 is 0 Å². The third-order valence-electron chi connectivity index (χ3n) is 5.28. The Hall–Kier alpha value is -1.65. The molecule has 1 aromatic heterocycles. The quantitative estimate of drug-likeness (QED) is 0.905. The fourth-order valence-corrected chi connectivity index (χ4v) is 4.12. The number of amides is 2. The van der Waals surface area contributed by atoms with Gasteiger partial charge in [-0.1, -0.05) is 27.7 Å². The summed E-state index contributed by atoms with van der Waals surface area (Å²) in [5, 5.41) is 3.07. The van der Waals surface area contributed by atoms with E-state index in [1.165, 1.54) is 12.8 Å². The third kappa shape index (κ3) is 5.16. The molecule has 1 N–H and O–H groups in total. The number of aromatic nitrogens is 2. The Morgan fingerprint density at radius 1 is 1.20 bits per heavy atom. The molecule has 1 saturated heterocycles. The number of rotatable bonds is 4. The van der Waals surface area contributed by atoms with E-state index in [4.69, 9.17) is 0 Å². The van der Waals surface area contributed by atoms with Crippen LogP contribution in [0.3, 0.4) is 0 Å². The van der Waals surface area contributed by atoms with Gasteiger partial charge in [0.1, 0.15) is 5.82 Å². The van der Waals surface area contributed by atoms with E-state index in [2.05, 4.69) is 43.0 Å². The van der Waals surface area contributed by atoms with Gasteiger partial charge in [0, 0.05) is 37.9 Å². The molecule has 0 spiro atoms. The molecule has 138 valence electrons. The van der Waals surface area contributed by atoms with Gasteiger partial charge < -0.3 is 10.2 Å². The zero-order valence-corrected chi connectivity index (χ0v) is 16.1. The largest absolute Gasteiger partial charge is 0.338 e. The summed E-state index contributed by atoms with van der Waals surface area (Å²) < 4.78 is 0. The minimum atomic E-state index is 0.0568. The maximum Gasteiger partial charge on any atom is 0.317 e. The zero-order chi connectivity index (χ0) is 18.1. The van der Waals surface area contributed by atoms with Gasteiger partial charge in [0.05, 0.1) is 0 Å². The van der Waals surface area contributed by atoms with Crippen LogP contribution in [0.2, 0.25) is 0 Å². The van der Waals surface area contributed by atoms with Crippen LogP contribution in [0, 0.1) is 10.8 Å². The van der Waals surface area contributed by atoms with E-state index in [9.17, 15) is 4.79 Å². The van der Waals surface area contributed by atoms with Crippen LogP contribution in [0.15, 0.2) is 12.4 Å². The fraction of sp³-hybridized carbons (Fsp3) is 0.750. The molecule has 0 bridgehead atoms. The number of likely N-dealkylation sites (tertiary alicyclic amines) is 1. The molecule has 0 unspecified atom stereocenters. The Bertz CT molecular complexity index is 605. The Labute approximate surface area is 151 Å². The topological polar surface area (TPSA) is 58.1 Å². The normalized spacial score (nSPS) is 22.3. The molecule has 1 aliphatic heterocycles. The number of carbonyl (C=O) groups excluding carboxylic acids is 1. The van der Waals surface area contributed by atoms with E-state index in [1.807, 2.05) is 17.3 Å². The molecule has 5 heteroatoms. The van der Waals surface area contributed by atoms with Gasteiger partial charge in [-0.15, -0.1) is 0 Å². The first-order chi connectivity index (χ1) is 11.7. The van der Waals surface area contributed by atoms with Crippen molar-refractivity contribution < 1.29 is 4.79 Å². The van der Waals surface area contributed by atoms with Gasteiger partial charge >= 0.3 is 6.03 Å². The summed E-state index contributed by atoms with van der Waals surface area (Å²) in [6, 6.07) is 0.0568. The second-order valence-corrected chi connectivity index (χ2v) is 9.38. The average Bonchev–Trinajstić information content (AvgIpc) is 3.35. The molecule has 1 saturated carbocycles. The van der Waals surface area contributed by atoms with Crippen molar-refractivity contribution in [2.45, 2.75) is 65.7 Å². The SMILES string of the molecule is CC1(C)CCN(C(=O)NCCc2cnc(C3CC3)nc2)CC(C)(C)C1. The number of carbonyl (C=O) groups is 1. The molecule has 5 nitrogen and oxygen atoms in total. The zero-order valence-electron chi connectivity index (χ0n) is 16.1. The molecular weight excluding hydrogens is 312 g/mol. The number of nitrogens with zero attached hydrogens (tertiary/aromatic N) is 3. The second kappa shape index (κ2) is 6.93. The molecule has 25 heavy (non-hydrogen) atoms. The van der Waals surface area contributed by atoms with E-state index in [-0.39, 0.29) is 11.4 Å². The van der Waals surface area contributed by atoms with Crippen molar-refractivity contribution in [2.75, 3.05) is 19.6 Å². The molecule has 0 aromatic carbocycles.